The lowest BCUT2D eigenvalue weighted by Crippen LogP contribution is -2.51. The number of hydrogen-bond acceptors (Lipinski definition) is 6. The Morgan fingerprint density at radius 3 is 2.56 bits per heavy atom. The molecule has 0 saturated carbocycles. The minimum absolute atomic E-state index is 0.160. The van der Waals surface area contributed by atoms with Crippen molar-refractivity contribution >= 4 is 22.0 Å². The zero-order chi connectivity index (χ0) is 19.3. The summed E-state index contributed by atoms with van der Waals surface area (Å²) in [6.07, 6.45) is 1.57. The second-order valence-corrected chi connectivity index (χ2v) is 7.92. The van der Waals surface area contributed by atoms with Crippen molar-refractivity contribution in [2.45, 2.75) is 6.92 Å². The van der Waals surface area contributed by atoms with Gasteiger partial charge in [-0.05, 0) is 23.7 Å². The van der Waals surface area contributed by atoms with E-state index in [2.05, 4.69) is 5.16 Å². The largest absolute Gasteiger partial charge is 0.465 e. The third kappa shape index (κ3) is 5.18. The van der Waals surface area contributed by atoms with E-state index in [-0.39, 0.29) is 31.5 Å². The van der Waals surface area contributed by atoms with E-state index < -0.39 is 10.0 Å². The first-order valence-electron chi connectivity index (χ1n) is 8.51. The molecule has 1 fully saturated rings. The summed E-state index contributed by atoms with van der Waals surface area (Å²) in [5.74, 6) is 0.639. The van der Waals surface area contributed by atoms with Crippen LogP contribution in [0.5, 0.6) is 5.88 Å². The molecule has 2 aromatic rings. The molecular formula is C18H21N3O5S. The molecule has 0 aliphatic carbocycles. The average Bonchev–Trinajstić information content (AvgIpc) is 3.11. The van der Waals surface area contributed by atoms with Crippen molar-refractivity contribution in [3.05, 3.63) is 53.1 Å². The SMILES string of the molecule is Cc1cc(OCC(=O)N2CCN(S(=O)(=O)/C=C/c3ccccc3)CC2)no1. The number of hydrogen-bond donors (Lipinski definition) is 0. The number of aryl methyl sites for hydroxylation is 1. The van der Waals surface area contributed by atoms with Crippen LogP contribution in [0, 0.1) is 6.92 Å². The Balaban J connectivity index is 1.50. The van der Waals surface area contributed by atoms with Gasteiger partial charge in [0.15, 0.2) is 6.61 Å². The van der Waals surface area contributed by atoms with E-state index in [0.29, 0.717) is 18.8 Å². The van der Waals surface area contributed by atoms with Crippen LogP contribution in [0.25, 0.3) is 6.08 Å². The van der Waals surface area contributed by atoms with Crippen molar-refractivity contribution in [1.29, 1.82) is 0 Å². The number of sulfonamides is 1. The third-order valence-electron chi connectivity index (χ3n) is 4.13. The molecule has 27 heavy (non-hydrogen) atoms. The molecule has 0 radical (unpaired) electrons. The first-order chi connectivity index (χ1) is 12.9. The van der Waals surface area contributed by atoms with Gasteiger partial charge in [-0.25, -0.2) is 8.42 Å². The van der Waals surface area contributed by atoms with Gasteiger partial charge in [0.2, 0.25) is 10.0 Å². The van der Waals surface area contributed by atoms with E-state index in [1.165, 1.54) is 9.71 Å². The number of carbonyl (C=O) groups is 1. The molecule has 9 heteroatoms. The van der Waals surface area contributed by atoms with E-state index in [4.69, 9.17) is 9.26 Å². The molecule has 1 saturated heterocycles. The Labute approximate surface area is 158 Å². The zero-order valence-corrected chi connectivity index (χ0v) is 15.8. The zero-order valence-electron chi connectivity index (χ0n) is 14.9. The van der Waals surface area contributed by atoms with Crippen molar-refractivity contribution in [3.8, 4) is 5.88 Å². The molecule has 0 spiro atoms. The van der Waals surface area contributed by atoms with E-state index >= 15 is 0 Å². The summed E-state index contributed by atoms with van der Waals surface area (Å²) in [6, 6.07) is 10.8. The maximum absolute atomic E-state index is 12.4. The number of rotatable bonds is 6. The molecule has 0 bridgehead atoms. The van der Waals surface area contributed by atoms with Gasteiger partial charge in [-0.1, -0.05) is 30.3 Å². The lowest BCUT2D eigenvalue weighted by Gasteiger charge is -2.33. The number of amides is 1. The van der Waals surface area contributed by atoms with Crippen LogP contribution in [0.2, 0.25) is 0 Å². The van der Waals surface area contributed by atoms with Gasteiger partial charge in [-0.15, -0.1) is 0 Å². The lowest BCUT2D eigenvalue weighted by molar-refractivity contribution is -0.134. The summed E-state index contributed by atoms with van der Waals surface area (Å²) in [6.45, 7) is 2.70. The lowest BCUT2D eigenvalue weighted by atomic mass is 10.2. The van der Waals surface area contributed by atoms with Crippen molar-refractivity contribution < 1.29 is 22.5 Å². The number of aromatic nitrogens is 1. The second-order valence-electron chi connectivity index (χ2n) is 6.10. The smallest absolute Gasteiger partial charge is 0.260 e. The van der Waals surface area contributed by atoms with Crippen molar-refractivity contribution in [1.82, 2.24) is 14.4 Å². The number of benzene rings is 1. The van der Waals surface area contributed by atoms with Crippen LogP contribution in [0.4, 0.5) is 0 Å². The second kappa shape index (κ2) is 8.36. The molecule has 8 nitrogen and oxygen atoms in total. The molecule has 1 aliphatic rings. The molecule has 3 rings (SSSR count). The van der Waals surface area contributed by atoms with Crippen LogP contribution in [0.3, 0.4) is 0 Å². The Bertz CT molecular complexity index is 900. The fraction of sp³-hybridized carbons (Fsp3) is 0.333. The maximum atomic E-state index is 12.4. The van der Waals surface area contributed by atoms with Gasteiger partial charge in [0.05, 0.1) is 0 Å². The molecule has 0 atom stereocenters. The Kier molecular flexibility index (Phi) is 5.92. The Morgan fingerprint density at radius 1 is 1.22 bits per heavy atom. The standard InChI is InChI=1S/C18H21N3O5S/c1-15-13-17(19-26-15)25-14-18(22)20-8-10-21(11-9-20)27(23,24)12-7-16-5-3-2-4-6-16/h2-7,12-13H,8-11,14H2,1H3/b12-7+. The average molecular weight is 391 g/mol. The predicted octanol–water partition coefficient (Wildman–Crippen LogP) is 1.51. The van der Waals surface area contributed by atoms with Gasteiger partial charge < -0.3 is 14.2 Å². The molecule has 1 amide bonds. The topological polar surface area (TPSA) is 93.0 Å². The van der Waals surface area contributed by atoms with Crippen LogP contribution in [0.15, 0.2) is 46.3 Å². The van der Waals surface area contributed by atoms with Crippen molar-refractivity contribution in [2.75, 3.05) is 32.8 Å². The van der Waals surface area contributed by atoms with E-state index in [1.54, 1.807) is 24.0 Å². The summed E-state index contributed by atoms with van der Waals surface area (Å²) in [5.41, 5.74) is 0.815. The summed E-state index contributed by atoms with van der Waals surface area (Å²) in [5, 5.41) is 4.86. The molecular weight excluding hydrogens is 370 g/mol. The quantitative estimate of drug-likeness (QED) is 0.741. The van der Waals surface area contributed by atoms with E-state index in [9.17, 15) is 13.2 Å². The molecule has 1 aromatic heterocycles. The van der Waals surface area contributed by atoms with E-state index in [0.717, 1.165) is 5.56 Å². The minimum atomic E-state index is -3.52. The summed E-state index contributed by atoms with van der Waals surface area (Å²) in [4.78, 5) is 13.8. The molecule has 0 N–H and O–H groups in total. The maximum Gasteiger partial charge on any atom is 0.260 e. The fourth-order valence-electron chi connectivity index (χ4n) is 2.65. The van der Waals surface area contributed by atoms with Gasteiger partial charge >= 0.3 is 0 Å². The van der Waals surface area contributed by atoms with Gasteiger partial charge in [-0.2, -0.15) is 4.31 Å². The highest BCUT2D eigenvalue weighted by Crippen LogP contribution is 2.13. The molecule has 0 unspecified atom stereocenters. The number of carbonyl (C=O) groups excluding carboxylic acids is 1. The van der Waals surface area contributed by atoms with Crippen LogP contribution < -0.4 is 4.74 Å². The summed E-state index contributed by atoms with van der Waals surface area (Å²) >= 11 is 0. The Hall–Kier alpha value is -2.65. The first-order valence-corrected chi connectivity index (χ1v) is 10.0. The van der Waals surface area contributed by atoms with Crippen LogP contribution >= 0.6 is 0 Å². The monoisotopic (exact) mass is 391 g/mol. The summed E-state index contributed by atoms with van der Waals surface area (Å²) < 4.78 is 36.4. The number of piperazine rings is 1. The normalized spacial score (nSPS) is 16.0. The van der Waals surface area contributed by atoms with Crippen molar-refractivity contribution in [2.24, 2.45) is 0 Å². The predicted molar refractivity (Wildman–Crippen MR) is 99.3 cm³/mol. The first kappa shape index (κ1) is 19.1. The Morgan fingerprint density at radius 2 is 1.93 bits per heavy atom. The molecule has 1 aliphatic heterocycles. The highest BCUT2D eigenvalue weighted by molar-refractivity contribution is 7.92. The fourth-order valence-corrected chi connectivity index (χ4v) is 3.82. The van der Waals surface area contributed by atoms with Crippen LogP contribution in [-0.2, 0) is 14.8 Å². The van der Waals surface area contributed by atoms with Crippen molar-refractivity contribution in [3.63, 3.8) is 0 Å². The number of nitrogens with zero attached hydrogens (tertiary/aromatic N) is 3. The highest BCUT2D eigenvalue weighted by Gasteiger charge is 2.27. The molecule has 144 valence electrons. The van der Waals surface area contributed by atoms with Crippen LogP contribution in [-0.4, -0.2) is 61.5 Å². The van der Waals surface area contributed by atoms with Gasteiger partial charge in [0, 0.05) is 37.7 Å². The summed E-state index contributed by atoms with van der Waals surface area (Å²) in [7, 11) is -3.52. The molecule has 1 aromatic carbocycles. The van der Waals surface area contributed by atoms with Gasteiger partial charge in [-0.3, -0.25) is 4.79 Å². The highest BCUT2D eigenvalue weighted by atomic mass is 32.2. The van der Waals surface area contributed by atoms with Gasteiger partial charge in [0.25, 0.3) is 11.8 Å². The van der Waals surface area contributed by atoms with Gasteiger partial charge in [0.1, 0.15) is 5.76 Å². The van der Waals surface area contributed by atoms with Crippen LogP contribution in [0.1, 0.15) is 11.3 Å². The minimum Gasteiger partial charge on any atom is -0.465 e. The van der Waals surface area contributed by atoms with E-state index in [1.807, 2.05) is 30.3 Å². The number of ether oxygens (including phenoxy) is 1. The molecule has 2 heterocycles. The third-order valence-corrected chi connectivity index (χ3v) is 5.70.